The Kier molecular flexibility index (Phi) is 8.82. The lowest BCUT2D eigenvalue weighted by atomic mass is 9.74. The van der Waals surface area contributed by atoms with Crippen LogP contribution in [0.25, 0.3) is 11.1 Å². The van der Waals surface area contributed by atoms with Crippen molar-refractivity contribution in [2.24, 2.45) is 0 Å². The topological polar surface area (TPSA) is 32.8 Å². The van der Waals surface area contributed by atoms with Crippen LogP contribution in [0.5, 0.6) is 0 Å². The molecule has 0 amide bonds. The van der Waals surface area contributed by atoms with Crippen molar-refractivity contribution in [2.75, 3.05) is 44.2 Å². The van der Waals surface area contributed by atoms with E-state index in [1.165, 1.54) is 22.4 Å². The van der Waals surface area contributed by atoms with E-state index in [1.807, 2.05) is 25.1 Å². The number of carbonyl (C=O) groups is 1. The minimum Gasteiger partial charge on any atom is -0.465 e. The number of nitrogens with zero attached hydrogens (tertiary/aromatic N) is 2. The first-order valence-corrected chi connectivity index (χ1v) is 13.4. The largest absolute Gasteiger partial charge is 0.465 e. The normalized spacial score (nSPS) is 15.9. The van der Waals surface area contributed by atoms with E-state index in [4.69, 9.17) is 4.74 Å². The molecule has 0 saturated carbocycles. The molecule has 4 rings (SSSR count). The summed E-state index contributed by atoms with van der Waals surface area (Å²) in [4.78, 5) is 18.1. The van der Waals surface area contributed by atoms with Crippen molar-refractivity contribution in [3.8, 4) is 11.1 Å². The van der Waals surface area contributed by atoms with E-state index in [9.17, 15) is 4.79 Å². The lowest BCUT2D eigenvalue weighted by Crippen LogP contribution is -2.47. The molecule has 1 aliphatic rings. The average Bonchev–Trinajstić information content (AvgIpc) is 2.93. The van der Waals surface area contributed by atoms with Crippen LogP contribution in [0.1, 0.15) is 44.2 Å². The number of aryl methyl sites for hydroxylation is 1. The van der Waals surface area contributed by atoms with Gasteiger partial charge in [0.15, 0.2) is 0 Å². The average molecular weight is 485 g/mol. The quantitative estimate of drug-likeness (QED) is 0.309. The van der Waals surface area contributed by atoms with E-state index in [-0.39, 0.29) is 5.97 Å². The molecule has 0 spiro atoms. The molecule has 1 heterocycles. The number of esters is 1. The number of carbonyl (C=O) groups excluding carboxylic acids is 1. The molecule has 3 aromatic carbocycles. The summed E-state index contributed by atoms with van der Waals surface area (Å²) in [6, 6.07) is 27.9. The summed E-state index contributed by atoms with van der Waals surface area (Å²) in [5.41, 5.74) is 5.62. The van der Waals surface area contributed by atoms with Crippen LogP contribution >= 0.6 is 0 Å². The van der Waals surface area contributed by atoms with Gasteiger partial charge in [-0.1, -0.05) is 79.2 Å². The van der Waals surface area contributed by atoms with Crippen molar-refractivity contribution in [3.63, 3.8) is 0 Å². The molecule has 1 unspecified atom stereocenters. The van der Waals surface area contributed by atoms with E-state index in [0.717, 1.165) is 57.5 Å². The standard InChI is InChI=1S/C32H40N2O2/c1-4-32(31(35)36-5-2,29-10-7-6-8-11-29)20-9-21-33-22-24-34(25-23-33)30-18-16-28(17-19-30)27-14-12-26(3)13-15-27/h6-8,10-19H,4-5,9,20-25H2,1-3H3. The molecule has 1 fully saturated rings. The number of rotatable bonds is 10. The second-order valence-electron chi connectivity index (χ2n) is 9.87. The fraction of sp³-hybridized carbons (Fsp3) is 0.406. The van der Waals surface area contributed by atoms with Crippen LogP contribution in [-0.4, -0.2) is 50.2 Å². The van der Waals surface area contributed by atoms with Crippen molar-refractivity contribution >= 4 is 11.7 Å². The number of piperazine rings is 1. The van der Waals surface area contributed by atoms with Gasteiger partial charge in [-0.2, -0.15) is 0 Å². The maximum Gasteiger partial charge on any atom is 0.316 e. The van der Waals surface area contributed by atoms with Gasteiger partial charge in [-0.3, -0.25) is 9.69 Å². The molecule has 0 N–H and O–H groups in total. The van der Waals surface area contributed by atoms with E-state index >= 15 is 0 Å². The highest BCUT2D eigenvalue weighted by atomic mass is 16.5. The van der Waals surface area contributed by atoms with Crippen LogP contribution < -0.4 is 4.90 Å². The Morgan fingerprint density at radius 3 is 2.03 bits per heavy atom. The third kappa shape index (κ3) is 5.99. The fourth-order valence-corrected chi connectivity index (χ4v) is 5.36. The molecule has 4 heteroatoms. The minimum atomic E-state index is -0.557. The molecule has 0 bridgehead atoms. The van der Waals surface area contributed by atoms with Crippen molar-refractivity contribution < 1.29 is 9.53 Å². The van der Waals surface area contributed by atoms with Crippen LogP contribution in [0.3, 0.4) is 0 Å². The lowest BCUT2D eigenvalue weighted by Gasteiger charge is -2.37. The van der Waals surface area contributed by atoms with Gasteiger partial charge in [0.25, 0.3) is 0 Å². The third-order valence-electron chi connectivity index (χ3n) is 7.66. The summed E-state index contributed by atoms with van der Waals surface area (Å²) in [6.07, 6.45) is 2.54. The van der Waals surface area contributed by atoms with Gasteiger partial charge in [-0.15, -0.1) is 0 Å². The van der Waals surface area contributed by atoms with Crippen molar-refractivity contribution in [3.05, 3.63) is 90.0 Å². The molecule has 36 heavy (non-hydrogen) atoms. The van der Waals surface area contributed by atoms with Gasteiger partial charge in [0.05, 0.1) is 12.0 Å². The highest BCUT2D eigenvalue weighted by molar-refractivity contribution is 5.83. The third-order valence-corrected chi connectivity index (χ3v) is 7.66. The number of benzene rings is 3. The summed E-state index contributed by atoms with van der Waals surface area (Å²) >= 11 is 0. The molecule has 1 aliphatic heterocycles. The van der Waals surface area contributed by atoms with Crippen LogP contribution in [0.15, 0.2) is 78.9 Å². The second kappa shape index (κ2) is 12.2. The Hall–Kier alpha value is -3.11. The number of hydrogen-bond donors (Lipinski definition) is 0. The molecule has 3 aromatic rings. The van der Waals surface area contributed by atoms with E-state index < -0.39 is 5.41 Å². The predicted molar refractivity (Wildman–Crippen MR) is 150 cm³/mol. The molecular weight excluding hydrogens is 444 g/mol. The Bertz CT molecular complexity index is 1090. The molecule has 1 atom stereocenters. The minimum absolute atomic E-state index is 0.0856. The SMILES string of the molecule is CCOC(=O)C(CC)(CCCN1CCN(c2ccc(-c3ccc(C)cc3)cc2)CC1)c1ccccc1. The van der Waals surface area contributed by atoms with Crippen LogP contribution in [0, 0.1) is 6.92 Å². The number of ether oxygens (including phenoxy) is 1. The van der Waals surface area contributed by atoms with Crippen molar-refractivity contribution in [2.45, 2.75) is 45.4 Å². The predicted octanol–water partition coefficient (Wildman–Crippen LogP) is 6.48. The maximum absolute atomic E-state index is 13.1. The zero-order chi connectivity index (χ0) is 25.4. The monoisotopic (exact) mass is 484 g/mol. The van der Waals surface area contributed by atoms with Crippen molar-refractivity contribution in [1.29, 1.82) is 0 Å². The highest BCUT2D eigenvalue weighted by Crippen LogP contribution is 2.35. The van der Waals surface area contributed by atoms with Crippen molar-refractivity contribution in [1.82, 2.24) is 4.90 Å². The summed E-state index contributed by atoms with van der Waals surface area (Å²) in [7, 11) is 0. The van der Waals surface area contributed by atoms with Gasteiger partial charge in [0.1, 0.15) is 0 Å². The van der Waals surface area contributed by atoms with Gasteiger partial charge in [0.2, 0.25) is 0 Å². The molecule has 0 radical (unpaired) electrons. The Balaban J connectivity index is 1.31. The summed E-state index contributed by atoms with van der Waals surface area (Å²) in [6.45, 7) is 11.7. The van der Waals surface area contributed by atoms with Crippen LogP contribution in [0.2, 0.25) is 0 Å². The van der Waals surface area contributed by atoms with E-state index in [0.29, 0.717) is 6.61 Å². The molecule has 1 saturated heterocycles. The first-order chi connectivity index (χ1) is 17.6. The first kappa shape index (κ1) is 26.0. The van der Waals surface area contributed by atoms with Gasteiger partial charge < -0.3 is 9.64 Å². The first-order valence-electron chi connectivity index (χ1n) is 13.4. The van der Waals surface area contributed by atoms with E-state index in [2.05, 4.69) is 84.3 Å². The molecule has 4 nitrogen and oxygen atoms in total. The van der Waals surface area contributed by atoms with Crippen LogP contribution in [-0.2, 0) is 14.9 Å². The fourth-order valence-electron chi connectivity index (χ4n) is 5.36. The summed E-state index contributed by atoms with van der Waals surface area (Å²) < 4.78 is 5.54. The van der Waals surface area contributed by atoms with Gasteiger partial charge in [-0.05, 0) is 68.5 Å². The zero-order valence-corrected chi connectivity index (χ0v) is 22.1. The zero-order valence-electron chi connectivity index (χ0n) is 22.1. The number of hydrogen-bond acceptors (Lipinski definition) is 4. The molecule has 190 valence electrons. The van der Waals surface area contributed by atoms with Gasteiger partial charge >= 0.3 is 5.97 Å². The summed E-state index contributed by atoms with van der Waals surface area (Å²) in [5.74, 6) is -0.0856. The number of anilines is 1. The Morgan fingerprint density at radius 2 is 1.44 bits per heavy atom. The van der Waals surface area contributed by atoms with E-state index in [1.54, 1.807) is 0 Å². The maximum atomic E-state index is 13.1. The highest BCUT2D eigenvalue weighted by Gasteiger charge is 2.39. The molecular formula is C32H40N2O2. The lowest BCUT2D eigenvalue weighted by molar-refractivity contribution is -0.150. The Labute approximate surface area is 216 Å². The second-order valence-corrected chi connectivity index (χ2v) is 9.87. The van der Waals surface area contributed by atoms with Gasteiger partial charge in [-0.25, -0.2) is 0 Å². The summed E-state index contributed by atoms with van der Waals surface area (Å²) in [5, 5.41) is 0. The molecule has 0 aromatic heterocycles. The molecule has 0 aliphatic carbocycles. The van der Waals surface area contributed by atoms with Crippen LogP contribution in [0.4, 0.5) is 5.69 Å². The Morgan fingerprint density at radius 1 is 0.833 bits per heavy atom. The van der Waals surface area contributed by atoms with Gasteiger partial charge in [0, 0.05) is 31.9 Å². The smallest absolute Gasteiger partial charge is 0.316 e.